The molecule has 0 saturated heterocycles. The van der Waals surface area contributed by atoms with Gasteiger partial charge in [0, 0.05) is 32.3 Å². The Morgan fingerprint density at radius 3 is 1.02 bits per heavy atom. The molecule has 0 amide bonds. The molecule has 0 aliphatic carbocycles. The van der Waals surface area contributed by atoms with Gasteiger partial charge in [0.2, 0.25) is 0 Å². The first kappa shape index (κ1) is 47.9. The molecule has 0 spiro atoms. The largest absolute Gasteiger partial charge is 0.466 e. The van der Waals surface area contributed by atoms with Crippen LogP contribution in [0.15, 0.2) is 0 Å². The van der Waals surface area contributed by atoms with Crippen LogP contribution < -0.4 is 0 Å². The maximum Gasteiger partial charge on any atom is 0.306 e. The summed E-state index contributed by atoms with van der Waals surface area (Å²) in [6, 6.07) is 0. The third-order valence-electron chi connectivity index (χ3n) is 10.4. The topological polar surface area (TPSA) is 72.8 Å². The van der Waals surface area contributed by atoms with Crippen molar-refractivity contribution in [2.24, 2.45) is 0 Å². The molecule has 5 heteroatoms. The Hall–Kier alpha value is -1.10. The fourth-order valence-electron chi connectivity index (χ4n) is 6.88. The molecule has 0 bridgehead atoms. The molecule has 1 unspecified atom stereocenters. The molecule has 0 heterocycles. The minimum Gasteiger partial charge on any atom is -0.466 e. The summed E-state index contributed by atoms with van der Waals surface area (Å²) in [5.41, 5.74) is -0.796. The number of aliphatic hydroxyl groups excluding tert-OH is 1. The van der Waals surface area contributed by atoms with Crippen molar-refractivity contribution >= 4 is 11.9 Å². The third kappa shape index (κ3) is 36.5. The van der Waals surface area contributed by atoms with Gasteiger partial charge >= 0.3 is 11.9 Å². The van der Waals surface area contributed by atoms with Gasteiger partial charge in [-0.2, -0.15) is 0 Å². The average Bonchev–Trinajstić information content (AvgIpc) is 3.08. The van der Waals surface area contributed by atoms with Gasteiger partial charge in [0.25, 0.3) is 0 Å². The Balaban J connectivity index is 3.69. The highest BCUT2D eigenvalue weighted by molar-refractivity contribution is 5.70. The number of hydrogen-bond acceptors (Lipinski definition) is 5. The fraction of sp³-hybridized carbons (Fsp3) is 0.955. The zero-order valence-corrected chi connectivity index (χ0v) is 33.5. The smallest absolute Gasteiger partial charge is 0.306 e. The summed E-state index contributed by atoms with van der Waals surface area (Å²) in [6.07, 6.45) is 43.6. The number of aliphatic hydroxyl groups is 1. The van der Waals surface area contributed by atoms with Crippen LogP contribution >= 0.6 is 0 Å². The van der Waals surface area contributed by atoms with Crippen LogP contribution in [0.1, 0.15) is 252 Å². The molecule has 0 aromatic heterocycles. The Morgan fingerprint density at radius 2 is 0.714 bits per heavy atom. The van der Waals surface area contributed by atoms with E-state index in [1.807, 2.05) is 6.92 Å². The number of ether oxygens (including phenoxy) is 2. The number of rotatable bonds is 40. The van der Waals surface area contributed by atoms with Crippen LogP contribution in [-0.4, -0.2) is 35.9 Å². The zero-order chi connectivity index (χ0) is 35.9. The standard InChI is InChI=1S/C44H86O5/c1-4-6-8-10-12-14-16-18-20-22-24-26-28-30-32-34-36-42(46)48-41-39-44(3,38-40-45)49-43(47)37-35-33-31-29-27-25-23-21-19-17-15-13-11-9-7-5-2/h45H,4-41H2,1-3H3. The van der Waals surface area contributed by atoms with E-state index in [9.17, 15) is 14.7 Å². The molecule has 0 rings (SSSR count). The summed E-state index contributed by atoms with van der Waals surface area (Å²) in [6.45, 7) is 6.56. The molecule has 0 aromatic carbocycles. The van der Waals surface area contributed by atoms with E-state index in [0.29, 0.717) is 25.7 Å². The minimum atomic E-state index is -0.796. The summed E-state index contributed by atoms with van der Waals surface area (Å²) in [7, 11) is 0. The second-order valence-corrected chi connectivity index (χ2v) is 15.5. The first-order valence-electron chi connectivity index (χ1n) is 22.0. The van der Waals surface area contributed by atoms with E-state index in [4.69, 9.17) is 9.47 Å². The second kappa shape index (κ2) is 38.1. The van der Waals surface area contributed by atoms with Gasteiger partial charge in [-0.1, -0.05) is 206 Å². The van der Waals surface area contributed by atoms with Crippen LogP contribution in [0.2, 0.25) is 0 Å². The first-order valence-corrected chi connectivity index (χ1v) is 22.0. The third-order valence-corrected chi connectivity index (χ3v) is 10.4. The molecule has 0 saturated carbocycles. The average molecular weight is 695 g/mol. The van der Waals surface area contributed by atoms with Crippen LogP contribution in [0.25, 0.3) is 0 Å². The molecule has 0 aliphatic heterocycles. The van der Waals surface area contributed by atoms with E-state index in [1.54, 1.807) is 0 Å². The molecule has 0 aliphatic rings. The number of hydrogen-bond donors (Lipinski definition) is 1. The normalized spacial score (nSPS) is 12.7. The Morgan fingerprint density at radius 1 is 0.429 bits per heavy atom. The van der Waals surface area contributed by atoms with E-state index in [1.165, 1.54) is 180 Å². The Kier molecular flexibility index (Phi) is 37.3. The van der Waals surface area contributed by atoms with E-state index in [0.717, 1.165) is 25.7 Å². The predicted molar refractivity (Wildman–Crippen MR) is 210 cm³/mol. The molecular formula is C44H86O5. The summed E-state index contributed by atoms with van der Waals surface area (Å²) >= 11 is 0. The Bertz CT molecular complexity index is 695. The SMILES string of the molecule is CCCCCCCCCCCCCCCCCCC(=O)OCCC(C)(CCO)OC(=O)CCCCCCCCCCCCCCCCCC. The molecule has 0 aromatic rings. The molecule has 0 radical (unpaired) electrons. The van der Waals surface area contributed by atoms with Crippen LogP contribution in [0.5, 0.6) is 0 Å². The lowest BCUT2D eigenvalue weighted by Gasteiger charge is -2.29. The van der Waals surface area contributed by atoms with Crippen LogP contribution in [-0.2, 0) is 19.1 Å². The minimum absolute atomic E-state index is 0.0596. The van der Waals surface area contributed by atoms with E-state index in [2.05, 4.69) is 13.8 Å². The highest BCUT2D eigenvalue weighted by atomic mass is 16.6. The predicted octanol–water partition coefficient (Wildman–Crippen LogP) is 13.9. The van der Waals surface area contributed by atoms with E-state index in [-0.39, 0.29) is 25.2 Å². The van der Waals surface area contributed by atoms with Crippen molar-refractivity contribution in [2.75, 3.05) is 13.2 Å². The van der Waals surface area contributed by atoms with Crippen molar-refractivity contribution in [2.45, 2.75) is 258 Å². The molecular weight excluding hydrogens is 608 g/mol. The van der Waals surface area contributed by atoms with Crippen molar-refractivity contribution in [1.29, 1.82) is 0 Å². The molecule has 1 N–H and O–H groups in total. The molecule has 292 valence electrons. The summed E-state index contributed by atoms with van der Waals surface area (Å²) in [4.78, 5) is 24.8. The summed E-state index contributed by atoms with van der Waals surface area (Å²) in [5.74, 6) is -0.378. The van der Waals surface area contributed by atoms with Gasteiger partial charge in [0.15, 0.2) is 0 Å². The van der Waals surface area contributed by atoms with Gasteiger partial charge in [-0.15, -0.1) is 0 Å². The van der Waals surface area contributed by atoms with E-state index < -0.39 is 5.60 Å². The number of esters is 2. The molecule has 49 heavy (non-hydrogen) atoms. The van der Waals surface area contributed by atoms with Gasteiger partial charge in [0.05, 0.1) is 6.61 Å². The van der Waals surface area contributed by atoms with Crippen molar-refractivity contribution in [1.82, 2.24) is 0 Å². The number of carbonyl (C=O) groups excluding carboxylic acids is 2. The number of unbranched alkanes of at least 4 members (excludes halogenated alkanes) is 30. The quantitative estimate of drug-likeness (QED) is 0.0510. The first-order chi connectivity index (χ1) is 24.0. The molecule has 0 fully saturated rings. The zero-order valence-electron chi connectivity index (χ0n) is 33.5. The maximum absolute atomic E-state index is 12.5. The van der Waals surface area contributed by atoms with Crippen LogP contribution in [0.4, 0.5) is 0 Å². The molecule has 5 nitrogen and oxygen atoms in total. The van der Waals surface area contributed by atoms with Crippen molar-refractivity contribution in [3.8, 4) is 0 Å². The lowest BCUT2D eigenvalue weighted by molar-refractivity contribution is -0.162. The summed E-state index contributed by atoms with van der Waals surface area (Å²) in [5, 5.41) is 9.56. The monoisotopic (exact) mass is 695 g/mol. The highest BCUT2D eigenvalue weighted by Gasteiger charge is 2.28. The Labute approximate surface area is 306 Å². The van der Waals surface area contributed by atoms with Gasteiger partial charge < -0.3 is 14.6 Å². The van der Waals surface area contributed by atoms with Crippen LogP contribution in [0.3, 0.4) is 0 Å². The van der Waals surface area contributed by atoms with Crippen molar-refractivity contribution < 1.29 is 24.2 Å². The van der Waals surface area contributed by atoms with Gasteiger partial charge in [0.1, 0.15) is 5.60 Å². The highest BCUT2D eigenvalue weighted by Crippen LogP contribution is 2.22. The number of carbonyl (C=O) groups is 2. The second-order valence-electron chi connectivity index (χ2n) is 15.5. The lowest BCUT2D eigenvalue weighted by Crippen LogP contribution is -2.34. The maximum atomic E-state index is 12.5. The van der Waals surface area contributed by atoms with Gasteiger partial charge in [-0.05, 0) is 19.8 Å². The van der Waals surface area contributed by atoms with Gasteiger partial charge in [-0.3, -0.25) is 9.59 Å². The van der Waals surface area contributed by atoms with Crippen molar-refractivity contribution in [3.05, 3.63) is 0 Å². The summed E-state index contributed by atoms with van der Waals surface area (Å²) < 4.78 is 11.3. The van der Waals surface area contributed by atoms with E-state index >= 15 is 0 Å². The van der Waals surface area contributed by atoms with Gasteiger partial charge in [-0.25, -0.2) is 0 Å². The molecule has 1 atom stereocenters. The van der Waals surface area contributed by atoms with Crippen molar-refractivity contribution in [3.63, 3.8) is 0 Å². The van der Waals surface area contributed by atoms with Crippen LogP contribution in [0, 0.1) is 0 Å². The fourth-order valence-corrected chi connectivity index (χ4v) is 6.88. The lowest BCUT2D eigenvalue weighted by atomic mass is 9.98.